The number of nitrogens with two attached hydrogens (primary N) is 1. The van der Waals surface area contributed by atoms with Crippen LogP contribution in [0.25, 0.3) is 22.3 Å². The van der Waals surface area contributed by atoms with Gasteiger partial charge in [-0.05, 0) is 30.8 Å². The number of rotatable bonds is 2. The summed E-state index contributed by atoms with van der Waals surface area (Å²) in [4.78, 5) is 16.7. The lowest BCUT2D eigenvalue weighted by atomic mass is 10.1. The molecule has 1 saturated heterocycles. The van der Waals surface area contributed by atoms with E-state index in [2.05, 4.69) is 43.9 Å². The molecule has 1 aliphatic rings. The van der Waals surface area contributed by atoms with Gasteiger partial charge in [-0.2, -0.15) is 15.2 Å². The van der Waals surface area contributed by atoms with Crippen molar-refractivity contribution in [3.63, 3.8) is 0 Å². The second-order valence-electron chi connectivity index (χ2n) is 6.33. The number of likely N-dealkylation sites (N-methyl/N-ethyl adjacent to an activating group) is 1. The SMILES string of the molecule is CN1CCN(c2nc(N)nc3[nH]c(-c4ccc(C#N)cc4)cc23)CC1. The summed E-state index contributed by atoms with van der Waals surface area (Å²) >= 11 is 0. The monoisotopic (exact) mass is 333 g/mol. The number of anilines is 2. The van der Waals surface area contributed by atoms with Crippen molar-refractivity contribution in [3.05, 3.63) is 35.9 Å². The van der Waals surface area contributed by atoms with Crippen LogP contribution in [-0.2, 0) is 0 Å². The highest BCUT2D eigenvalue weighted by molar-refractivity contribution is 5.93. The number of piperazine rings is 1. The number of fused-ring (bicyclic) bond motifs is 1. The molecule has 25 heavy (non-hydrogen) atoms. The fourth-order valence-corrected chi connectivity index (χ4v) is 3.15. The highest BCUT2D eigenvalue weighted by Gasteiger charge is 2.20. The van der Waals surface area contributed by atoms with Crippen LogP contribution in [0.15, 0.2) is 30.3 Å². The van der Waals surface area contributed by atoms with Crippen LogP contribution < -0.4 is 10.6 Å². The third-order valence-electron chi connectivity index (χ3n) is 4.61. The van der Waals surface area contributed by atoms with Crippen LogP contribution in [0.1, 0.15) is 5.56 Å². The predicted octanol–water partition coefficient (Wildman–Crippen LogP) is 1.83. The molecule has 0 radical (unpaired) electrons. The van der Waals surface area contributed by atoms with E-state index in [1.54, 1.807) is 0 Å². The molecule has 0 amide bonds. The highest BCUT2D eigenvalue weighted by atomic mass is 15.3. The minimum absolute atomic E-state index is 0.273. The van der Waals surface area contributed by atoms with Crippen LogP contribution in [0.4, 0.5) is 11.8 Å². The second-order valence-corrected chi connectivity index (χ2v) is 6.33. The Morgan fingerprint density at radius 2 is 1.84 bits per heavy atom. The number of aromatic nitrogens is 3. The summed E-state index contributed by atoms with van der Waals surface area (Å²) < 4.78 is 0. The fraction of sp³-hybridized carbons (Fsp3) is 0.278. The van der Waals surface area contributed by atoms with Crippen LogP contribution >= 0.6 is 0 Å². The van der Waals surface area contributed by atoms with Crippen molar-refractivity contribution in [2.24, 2.45) is 0 Å². The molecule has 0 atom stereocenters. The van der Waals surface area contributed by atoms with Gasteiger partial charge in [-0.25, -0.2) is 0 Å². The van der Waals surface area contributed by atoms with Crippen LogP contribution in [-0.4, -0.2) is 53.1 Å². The summed E-state index contributed by atoms with van der Waals surface area (Å²) in [5, 5.41) is 9.91. The average molecular weight is 333 g/mol. The van der Waals surface area contributed by atoms with Gasteiger partial charge in [0.25, 0.3) is 0 Å². The third kappa shape index (κ3) is 2.88. The van der Waals surface area contributed by atoms with E-state index in [4.69, 9.17) is 11.0 Å². The van der Waals surface area contributed by atoms with Gasteiger partial charge in [0.05, 0.1) is 17.0 Å². The molecular formula is C18H19N7. The molecule has 4 rings (SSSR count). The van der Waals surface area contributed by atoms with Crippen molar-refractivity contribution in [1.29, 1.82) is 5.26 Å². The van der Waals surface area contributed by atoms with Crippen molar-refractivity contribution in [1.82, 2.24) is 19.9 Å². The average Bonchev–Trinajstić information content (AvgIpc) is 3.05. The predicted molar refractivity (Wildman–Crippen MR) is 98.2 cm³/mol. The topological polar surface area (TPSA) is 97.9 Å². The van der Waals surface area contributed by atoms with Gasteiger partial charge in [0.15, 0.2) is 0 Å². The van der Waals surface area contributed by atoms with E-state index in [0.717, 1.165) is 54.3 Å². The van der Waals surface area contributed by atoms with Gasteiger partial charge in [-0.3, -0.25) is 0 Å². The van der Waals surface area contributed by atoms with Crippen molar-refractivity contribution in [3.8, 4) is 17.3 Å². The molecule has 3 heterocycles. The van der Waals surface area contributed by atoms with E-state index in [9.17, 15) is 0 Å². The minimum Gasteiger partial charge on any atom is -0.368 e. The van der Waals surface area contributed by atoms with Crippen LogP contribution in [0, 0.1) is 11.3 Å². The van der Waals surface area contributed by atoms with Crippen LogP contribution in [0.5, 0.6) is 0 Å². The van der Waals surface area contributed by atoms with E-state index in [0.29, 0.717) is 5.56 Å². The molecule has 1 aliphatic heterocycles. The van der Waals surface area contributed by atoms with E-state index in [1.807, 2.05) is 24.3 Å². The largest absolute Gasteiger partial charge is 0.368 e. The number of hydrogen-bond acceptors (Lipinski definition) is 6. The van der Waals surface area contributed by atoms with Gasteiger partial charge in [0.1, 0.15) is 11.5 Å². The first kappa shape index (κ1) is 15.4. The first-order valence-corrected chi connectivity index (χ1v) is 8.24. The maximum atomic E-state index is 8.94. The first-order valence-electron chi connectivity index (χ1n) is 8.24. The van der Waals surface area contributed by atoms with Gasteiger partial charge >= 0.3 is 0 Å². The number of nitrogens with zero attached hydrogens (tertiary/aromatic N) is 5. The molecule has 0 spiro atoms. The zero-order chi connectivity index (χ0) is 17.4. The van der Waals surface area contributed by atoms with Gasteiger partial charge < -0.3 is 20.5 Å². The van der Waals surface area contributed by atoms with Crippen molar-refractivity contribution in [2.75, 3.05) is 43.9 Å². The highest BCUT2D eigenvalue weighted by Crippen LogP contribution is 2.30. The summed E-state index contributed by atoms with van der Waals surface area (Å²) in [5.74, 6) is 1.15. The van der Waals surface area contributed by atoms with Gasteiger partial charge in [0.2, 0.25) is 5.95 Å². The standard InChI is InChI=1S/C18H19N7/c1-24-6-8-25(9-7-24)17-14-10-15(21-16(14)22-18(20)23-17)13-4-2-12(11-19)3-5-13/h2-5,10H,6-9H2,1H3,(H3,20,21,22,23). The zero-order valence-corrected chi connectivity index (χ0v) is 14.0. The number of hydrogen-bond donors (Lipinski definition) is 2. The molecule has 1 fully saturated rings. The maximum Gasteiger partial charge on any atom is 0.223 e. The Hall–Kier alpha value is -3.11. The Labute approximate surface area is 145 Å². The van der Waals surface area contributed by atoms with Crippen molar-refractivity contribution < 1.29 is 0 Å². The number of nitrogens with one attached hydrogen (secondary N) is 1. The molecule has 1 aromatic carbocycles. The lowest BCUT2D eigenvalue weighted by Crippen LogP contribution is -2.45. The molecule has 126 valence electrons. The Morgan fingerprint density at radius 3 is 2.52 bits per heavy atom. The quantitative estimate of drug-likeness (QED) is 0.742. The van der Waals surface area contributed by atoms with Crippen molar-refractivity contribution in [2.45, 2.75) is 0 Å². The van der Waals surface area contributed by atoms with Crippen LogP contribution in [0.2, 0.25) is 0 Å². The Morgan fingerprint density at radius 1 is 1.12 bits per heavy atom. The molecule has 0 saturated carbocycles. The summed E-state index contributed by atoms with van der Waals surface area (Å²) in [6, 6.07) is 11.7. The molecule has 2 aromatic heterocycles. The summed E-state index contributed by atoms with van der Waals surface area (Å²) in [5.41, 5.74) is 9.25. The Balaban J connectivity index is 1.77. The molecule has 3 N–H and O–H groups in total. The van der Waals surface area contributed by atoms with E-state index >= 15 is 0 Å². The molecule has 3 aromatic rings. The molecule has 0 bridgehead atoms. The second kappa shape index (κ2) is 6.07. The molecule has 7 heteroatoms. The maximum absolute atomic E-state index is 8.94. The number of H-pyrrole nitrogens is 1. The first-order chi connectivity index (χ1) is 12.1. The molecule has 0 aliphatic carbocycles. The number of benzene rings is 1. The minimum atomic E-state index is 0.273. The smallest absolute Gasteiger partial charge is 0.223 e. The Kier molecular flexibility index (Phi) is 3.75. The zero-order valence-electron chi connectivity index (χ0n) is 14.0. The van der Waals surface area contributed by atoms with E-state index in [-0.39, 0.29) is 5.95 Å². The normalized spacial score (nSPS) is 15.4. The van der Waals surface area contributed by atoms with Crippen LogP contribution in [0.3, 0.4) is 0 Å². The Bertz CT molecular complexity index is 944. The van der Waals surface area contributed by atoms with E-state index < -0.39 is 0 Å². The van der Waals surface area contributed by atoms with Gasteiger partial charge in [-0.1, -0.05) is 12.1 Å². The number of aromatic amines is 1. The number of nitriles is 1. The number of nitrogen functional groups attached to an aromatic ring is 1. The van der Waals surface area contributed by atoms with Gasteiger partial charge in [-0.15, -0.1) is 0 Å². The molecular weight excluding hydrogens is 314 g/mol. The van der Waals surface area contributed by atoms with Crippen molar-refractivity contribution >= 4 is 22.8 Å². The van der Waals surface area contributed by atoms with E-state index in [1.165, 1.54) is 0 Å². The third-order valence-corrected chi connectivity index (χ3v) is 4.61. The lowest BCUT2D eigenvalue weighted by molar-refractivity contribution is 0.312. The summed E-state index contributed by atoms with van der Waals surface area (Å²) in [7, 11) is 2.13. The summed E-state index contributed by atoms with van der Waals surface area (Å²) in [6.45, 7) is 3.83. The summed E-state index contributed by atoms with van der Waals surface area (Å²) in [6.07, 6.45) is 0. The molecule has 0 unspecified atom stereocenters. The fourth-order valence-electron chi connectivity index (χ4n) is 3.15. The lowest BCUT2D eigenvalue weighted by Gasteiger charge is -2.33. The molecule has 7 nitrogen and oxygen atoms in total. The van der Waals surface area contributed by atoms with Gasteiger partial charge in [0, 0.05) is 31.9 Å².